The van der Waals surface area contributed by atoms with E-state index >= 15 is 0 Å². The molecule has 1 atom stereocenters. The molecule has 2 rings (SSSR count). The normalized spacial score (nSPS) is 12.2. The fourth-order valence-corrected chi connectivity index (χ4v) is 5.16. The number of carbonyl (C=O) groups excluding carboxylic acids is 2. The van der Waals surface area contributed by atoms with Crippen molar-refractivity contribution >= 4 is 50.7 Å². The first-order valence-corrected chi connectivity index (χ1v) is 13.6. The lowest BCUT2D eigenvalue weighted by Crippen LogP contribution is -2.48. The average Bonchev–Trinajstić information content (AvgIpc) is 2.77. The highest BCUT2D eigenvalue weighted by molar-refractivity contribution is 7.92. The monoisotopic (exact) mass is 527 g/mol. The average molecular weight is 529 g/mol. The number of rotatable bonds is 11. The predicted molar refractivity (Wildman–Crippen MR) is 138 cm³/mol. The van der Waals surface area contributed by atoms with E-state index < -0.39 is 16.1 Å². The molecule has 0 bridgehead atoms. The van der Waals surface area contributed by atoms with Gasteiger partial charge < -0.3 is 10.2 Å². The SMILES string of the molecule is CC[C@H](C(=O)NC)N(Cc1cccc(C)c1)C(=O)CCCN(c1cc(Cl)ccc1Cl)S(C)(=O)=O. The Kier molecular flexibility index (Phi) is 10.2. The third kappa shape index (κ3) is 7.61. The van der Waals surface area contributed by atoms with Crippen molar-refractivity contribution in [1.82, 2.24) is 10.2 Å². The summed E-state index contributed by atoms with van der Waals surface area (Å²) in [7, 11) is -2.13. The van der Waals surface area contributed by atoms with Gasteiger partial charge in [-0.2, -0.15) is 0 Å². The van der Waals surface area contributed by atoms with Gasteiger partial charge in [-0.1, -0.05) is 60.0 Å². The molecule has 2 aromatic rings. The Labute approximate surface area is 212 Å². The summed E-state index contributed by atoms with van der Waals surface area (Å²) in [6, 6.07) is 11.7. The fraction of sp³-hybridized carbons (Fsp3) is 0.417. The van der Waals surface area contributed by atoms with Gasteiger partial charge in [-0.25, -0.2) is 8.42 Å². The topological polar surface area (TPSA) is 86.8 Å². The maximum atomic E-state index is 13.3. The molecule has 0 radical (unpaired) electrons. The summed E-state index contributed by atoms with van der Waals surface area (Å²) in [6.07, 6.45) is 1.83. The number of nitrogens with zero attached hydrogens (tertiary/aromatic N) is 2. The molecule has 2 aromatic carbocycles. The third-order valence-electron chi connectivity index (χ3n) is 5.40. The van der Waals surface area contributed by atoms with E-state index in [1.807, 2.05) is 38.1 Å². The Morgan fingerprint density at radius 2 is 1.82 bits per heavy atom. The number of anilines is 1. The summed E-state index contributed by atoms with van der Waals surface area (Å²) in [5, 5.41) is 3.22. The van der Waals surface area contributed by atoms with Crippen molar-refractivity contribution < 1.29 is 18.0 Å². The van der Waals surface area contributed by atoms with Crippen LogP contribution in [0.25, 0.3) is 0 Å². The molecule has 1 N–H and O–H groups in total. The molecule has 2 amide bonds. The number of aryl methyl sites for hydroxylation is 1. The molecular formula is C24H31Cl2N3O4S. The van der Waals surface area contributed by atoms with Crippen LogP contribution in [0.2, 0.25) is 10.0 Å². The highest BCUT2D eigenvalue weighted by Gasteiger charge is 2.28. The lowest BCUT2D eigenvalue weighted by Gasteiger charge is -2.31. The summed E-state index contributed by atoms with van der Waals surface area (Å²) in [5.41, 5.74) is 2.23. The highest BCUT2D eigenvalue weighted by Crippen LogP contribution is 2.31. The van der Waals surface area contributed by atoms with Crippen molar-refractivity contribution in [3.05, 3.63) is 63.6 Å². The highest BCUT2D eigenvalue weighted by atomic mass is 35.5. The Hall–Kier alpha value is -2.29. The third-order valence-corrected chi connectivity index (χ3v) is 7.13. The number of hydrogen-bond donors (Lipinski definition) is 1. The minimum Gasteiger partial charge on any atom is -0.357 e. The van der Waals surface area contributed by atoms with E-state index in [2.05, 4.69) is 5.32 Å². The van der Waals surface area contributed by atoms with Crippen molar-refractivity contribution in [2.24, 2.45) is 0 Å². The van der Waals surface area contributed by atoms with Crippen molar-refractivity contribution in [2.45, 2.75) is 45.7 Å². The number of sulfonamides is 1. The van der Waals surface area contributed by atoms with E-state index in [-0.39, 0.29) is 48.5 Å². The summed E-state index contributed by atoms with van der Waals surface area (Å²) in [6.45, 7) is 4.14. The largest absolute Gasteiger partial charge is 0.357 e. The molecule has 34 heavy (non-hydrogen) atoms. The molecule has 0 aromatic heterocycles. The fourth-order valence-electron chi connectivity index (χ4n) is 3.75. The number of hydrogen-bond acceptors (Lipinski definition) is 4. The minimum absolute atomic E-state index is 0.0414. The number of carbonyl (C=O) groups is 2. The Bertz CT molecular complexity index is 1120. The van der Waals surface area contributed by atoms with E-state index in [1.54, 1.807) is 18.0 Å². The molecule has 0 aliphatic carbocycles. The second kappa shape index (κ2) is 12.4. The smallest absolute Gasteiger partial charge is 0.242 e. The van der Waals surface area contributed by atoms with Gasteiger partial charge in [0, 0.05) is 31.6 Å². The van der Waals surface area contributed by atoms with Crippen molar-refractivity contribution in [3.8, 4) is 0 Å². The van der Waals surface area contributed by atoms with Crippen LogP contribution in [0.4, 0.5) is 5.69 Å². The summed E-state index contributed by atoms with van der Waals surface area (Å²) < 4.78 is 26.0. The number of amides is 2. The van der Waals surface area contributed by atoms with Crippen LogP contribution in [-0.2, 0) is 26.2 Å². The molecular weight excluding hydrogens is 497 g/mol. The molecule has 186 valence electrons. The van der Waals surface area contributed by atoms with Crippen LogP contribution in [0.15, 0.2) is 42.5 Å². The van der Waals surface area contributed by atoms with Crippen molar-refractivity contribution in [1.29, 1.82) is 0 Å². The molecule has 0 saturated carbocycles. The van der Waals surface area contributed by atoms with Gasteiger partial charge in [0.25, 0.3) is 0 Å². The van der Waals surface area contributed by atoms with Crippen LogP contribution in [0, 0.1) is 6.92 Å². The number of benzene rings is 2. The van der Waals surface area contributed by atoms with Gasteiger partial charge in [-0.15, -0.1) is 0 Å². The van der Waals surface area contributed by atoms with E-state index in [0.717, 1.165) is 21.7 Å². The van der Waals surface area contributed by atoms with E-state index in [1.165, 1.54) is 12.1 Å². The van der Waals surface area contributed by atoms with Crippen LogP contribution >= 0.6 is 23.2 Å². The van der Waals surface area contributed by atoms with Gasteiger partial charge in [-0.05, 0) is 43.5 Å². The predicted octanol–water partition coefficient (Wildman–Crippen LogP) is 4.40. The lowest BCUT2D eigenvalue weighted by molar-refractivity contribution is -0.141. The van der Waals surface area contributed by atoms with Gasteiger partial charge in [0.1, 0.15) is 6.04 Å². The Morgan fingerprint density at radius 1 is 1.12 bits per heavy atom. The Morgan fingerprint density at radius 3 is 2.41 bits per heavy atom. The van der Waals surface area contributed by atoms with Gasteiger partial charge in [0.15, 0.2) is 0 Å². The molecule has 10 heteroatoms. The number of likely N-dealkylation sites (N-methyl/N-ethyl adjacent to an activating group) is 1. The molecule has 0 aliphatic rings. The standard InChI is InChI=1S/C24H31Cl2N3O4S/c1-5-21(24(31)27-3)28(16-18-9-6-8-17(2)14-18)23(30)10-7-13-29(34(4,32)33)22-15-19(25)11-12-20(22)26/h6,8-9,11-12,14-15,21H,5,7,10,13,16H2,1-4H3,(H,27,31)/t21-/m1/s1. The molecule has 0 fully saturated rings. The minimum atomic E-state index is -3.67. The molecule has 0 unspecified atom stereocenters. The number of nitrogens with one attached hydrogen (secondary N) is 1. The first kappa shape index (κ1) is 28.0. The van der Waals surface area contributed by atoms with Crippen LogP contribution < -0.4 is 9.62 Å². The zero-order valence-electron chi connectivity index (χ0n) is 19.8. The van der Waals surface area contributed by atoms with Crippen molar-refractivity contribution in [3.63, 3.8) is 0 Å². The first-order valence-electron chi connectivity index (χ1n) is 11.0. The molecule has 0 aliphatic heterocycles. The van der Waals surface area contributed by atoms with Crippen LogP contribution in [-0.4, -0.2) is 51.0 Å². The second-order valence-electron chi connectivity index (χ2n) is 8.08. The van der Waals surface area contributed by atoms with Crippen LogP contribution in [0.3, 0.4) is 0 Å². The zero-order chi connectivity index (χ0) is 25.5. The van der Waals surface area contributed by atoms with E-state index in [4.69, 9.17) is 23.2 Å². The molecule has 0 saturated heterocycles. The summed E-state index contributed by atoms with van der Waals surface area (Å²) in [4.78, 5) is 27.3. The molecule has 7 nitrogen and oxygen atoms in total. The van der Waals surface area contributed by atoms with Crippen LogP contribution in [0.1, 0.15) is 37.3 Å². The molecule has 0 spiro atoms. The maximum absolute atomic E-state index is 13.3. The van der Waals surface area contributed by atoms with E-state index in [9.17, 15) is 18.0 Å². The lowest BCUT2D eigenvalue weighted by atomic mass is 10.1. The number of halogens is 2. The maximum Gasteiger partial charge on any atom is 0.242 e. The van der Waals surface area contributed by atoms with Crippen molar-refractivity contribution in [2.75, 3.05) is 24.2 Å². The summed E-state index contributed by atoms with van der Waals surface area (Å²) >= 11 is 12.3. The second-order valence-corrected chi connectivity index (χ2v) is 10.8. The zero-order valence-corrected chi connectivity index (χ0v) is 22.2. The quantitative estimate of drug-likeness (QED) is 0.469. The van der Waals surface area contributed by atoms with Gasteiger partial charge in [0.2, 0.25) is 21.8 Å². The van der Waals surface area contributed by atoms with Gasteiger partial charge in [0.05, 0.1) is 17.0 Å². The summed E-state index contributed by atoms with van der Waals surface area (Å²) in [5.74, 6) is -0.477. The molecule has 0 heterocycles. The Balaban J connectivity index is 2.22. The van der Waals surface area contributed by atoms with E-state index in [0.29, 0.717) is 11.4 Å². The first-order chi connectivity index (χ1) is 16.0. The van der Waals surface area contributed by atoms with Gasteiger partial charge >= 0.3 is 0 Å². The van der Waals surface area contributed by atoms with Crippen LogP contribution in [0.5, 0.6) is 0 Å². The van der Waals surface area contributed by atoms with Gasteiger partial charge in [-0.3, -0.25) is 13.9 Å².